The van der Waals surface area contributed by atoms with Crippen molar-refractivity contribution in [3.05, 3.63) is 88.7 Å². The van der Waals surface area contributed by atoms with Gasteiger partial charge >= 0.3 is 5.97 Å². The molecule has 2 fully saturated rings. The SMILES string of the molecule is COC(=O)[C@@]1(Cc2ccc(OC)cc2)[C@H]2c3cc(C(=O)N4CCCC4)n(CCF)c3C[C@H]2CN1C(=O)c1ccccc1. The van der Waals surface area contributed by atoms with Crippen molar-refractivity contribution in [2.75, 3.05) is 40.5 Å². The van der Waals surface area contributed by atoms with Gasteiger partial charge in [0.15, 0.2) is 5.54 Å². The van der Waals surface area contributed by atoms with E-state index in [0.717, 1.165) is 29.7 Å². The van der Waals surface area contributed by atoms with Crippen LogP contribution in [0.25, 0.3) is 0 Å². The maximum Gasteiger partial charge on any atom is 0.332 e. The first-order valence-electron chi connectivity index (χ1n) is 14.6. The van der Waals surface area contributed by atoms with Gasteiger partial charge in [-0.2, -0.15) is 0 Å². The number of hydrogen-bond donors (Lipinski definition) is 0. The van der Waals surface area contributed by atoms with Crippen molar-refractivity contribution < 1.29 is 28.2 Å². The average molecular weight is 574 g/mol. The van der Waals surface area contributed by atoms with Crippen LogP contribution in [0.1, 0.15) is 56.4 Å². The summed E-state index contributed by atoms with van der Waals surface area (Å²) in [5.41, 5.74) is 2.12. The van der Waals surface area contributed by atoms with Crippen molar-refractivity contribution in [2.24, 2.45) is 5.92 Å². The molecule has 0 unspecified atom stereocenters. The Morgan fingerprint density at radius 1 is 0.976 bits per heavy atom. The van der Waals surface area contributed by atoms with E-state index >= 15 is 0 Å². The summed E-state index contributed by atoms with van der Waals surface area (Å²) in [6.07, 6.45) is 2.65. The molecule has 0 radical (unpaired) electrons. The molecule has 2 aromatic carbocycles. The first kappa shape index (κ1) is 28.0. The number of likely N-dealkylation sites (tertiary alicyclic amines) is 2. The zero-order chi connectivity index (χ0) is 29.4. The number of alkyl halides is 1. The van der Waals surface area contributed by atoms with Gasteiger partial charge in [-0.25, -0.2) is 9.18 Å². The van der Waals surface area contributed by atoms with Crippen LogP contribution in [-0.4, -0.2) is 78.2 Å². The van der Waals surface area contributed by atoms with E-state index < -0.39 is 24.1 Å². The van der Waals surface area contributed by atoms with Crippen molar-refractivity contribution in [1.29, 1.82) is 0 Å². The minimum Gasteiger partial charge on any atom is -0.497 e. The first-order chi connectivity index (χ1) is 20.4. The van der Waals surface area contributed by atoms with Gasteiger partial charge in [-0.15, -0.1) is 0 Å². The predicted molar refractivity (Wildman–Crippen MR) is 154 cm³/mol. The zero-order valence-electron chi connectivity index (χ0n) is 24.1. The van der Waals surface area contributed by atoms with Crippen molar-refractivity contribution >= 4 is 17.8 Å². The Morgan fingerprint density at radius 2 is 1.69 bits per heavy atom. The highest BCUT2D eigenvalue weighted by Crippen LogP contribution is 2.55. The molecule has 42 heavy (non-hydrogen) atoms. The van der Waals surface area contributed by atoms with Crippen LogP contribution < -0.4 is 4.74 Å². The van der Waals surface area contributed by atoms with Gasteiger partial charge in [0.05, 0.1) is 20.8 Å². The Bertz CT molecular complexity index is 1480. The highest BCUT2D eigenvalue weighted by molar-refractivity contribution is 6.00. The number of methoxy groups -OCH3 is 2. The van der Waals surface area contributed by atoms with Crippen molar-refractivity contribution in [3.63, 3.8) is 0 Å². The Morgan fingerprint density at radius 3 is 2.33 bits per heavy atom. The third-order valence-electron chi connectivity index (χ3n) is 9.28. The van der Waals surface area contributed by atoms with E-state index in [4.69, 9.17) is 9.47 Å². The number of amides is 2. The van der Waals surface area contributed by atoms with Crippen LogP contribution in [0.4, 0.5) is 4.39 Å². The second-order valence-corrected chi connectivity index (χ2v) is 11.4. The van der Waals surface area contributed by atoms with Gasteiger partial charge in [0.25, 0.3) is 11.8 Å². The van der Waals surface area contributed by atoms with E-state index in [1.165, 1.54) is 7.11 Å². The van der Waals surface area contributed by atoms with Gasteiger partial charge < -0.3 is 23.8 Å². The molecule has 8 nitrogen and oxygen atoms in total. The van der Waals surface area contributed by atoms with Crippen LogP contribution >= 0.6 is 0 Å². The number of carbonyl (C=O) groups is 3. The molecular formula is C33H36FN3O5. The zero-order valence-corrected chi connectivity index (χ0v) is 24.1. The molecule has 0 N–H and O–H groups in total. The monoisotopic (exact) mass is 573 g/mol. The minimum atomic E-state index is -1.37. The Labute approximate surface area is 245 Å². The summed E-state index contributed by atoms with van der Waals surface area (Å²) in [6, 6.07) is 18.3. The van der Waals surface area contributed by atoms with Crippen molar-refractivity contribution in [1.82, 2.24) is 14.4 Å². The van der Waals surface area contributed by atoms with Crippen LogP contribution in [-0.2, 0) is 28.9 Å². The third-order valence-corrected chi connectivity index (χ3v) is 9.28. The molecule has 3 aromatic rings. The largest absolute Gasteiger partial charge is 0.497 e. The number of ether oxygens (including phenoxy) is 2. The van der Waals surface area contributed by atoms with Crippen molar-refractivity contribution in [2.45, 2.75) is 43.7 Å². The maximum atomic E-state index is 14.2. The predicted octanol–water partition coefficient (Wildman–Crippen LogP) is 4.27. The summed E-state index contributed by atoms with van der Waals surface area (Å²) < 4.78 is 26.6. The number of carbonyl (C=O) groups excluding carboxylic acids is 3. The number of esters is 1. The summed E-state index contributed by atoms with van der Waals surface area (Å²) in [6.45, 7) is 1.16. The fourth-order valence-electron chi connectivity index (χ4n) is 7.46. The smallest absolute Gasteiger partial charge is 0.332 e. The Kier molecular flexibility index (Phi) is 7.51. The number of hydrogen-bond acceptors (Lipinski definition) is 5. The van der Waals surface area contributed by atoms with Gasteiger partial charge in [0.1, 0.15) is 18.1 Å². The van der Waals surface area contributed by atoms with Crippen LogP contribution in [0.2, 0.25) is 0 Å². The van der Waals surface area contributed by atoms with E-state index in [2.05, 4.69) is 0 Å². The second-order valence-electron chi connectivity index (χ2n) is 11.4. The third kappa shape index (κ3) is 4.46. The topological polar surface area (TPSA) is 81.1 Å². The lowest BCUT2D eigenvalue weighted by Crippen LogP contribution is -2.58. The standard InChI is InChI=1S/C33H36FN3O5/c1-41-25-12-10-22(11-13-25)20-33(32(40)42-2)29-24(21-37(33)30(38)23-8-4-3-5-9-23)18-27-26(29)19-28(36(27)17-14-34)31(39)35-15-6-7-16-35/h3-5,8-13,19,24,29H,6-7,14-18,20-21H2,1-2H3/t24-,29+,33+/m0/s1. The van der Waals surface area contributed by atoms with E-state index in [9.17, 15) is 18.8 Å². The van der Waals surface area contributed by atoms with E-state index in [1.807, 2.05) is 45.9 Å². The average Bonchev–Trinajstić information content (AvgIpc) is 3.80. The molecule has 1 aromatic heterocycles. The fourth-order valence-corrected chi connectivity index (χ4v) is 7.46. The Hall–Kier alpha value is -4.14. The number of fused-ring (bicyclic) bond motifs is 3. The summed E-state index contributed by atoms with van der Waals surface area (Å²) in [5, 5.41) is 0. The highest BCUT2D eigenvalue weighted by atomic mass is 19.1. The summed E-state index contributed by atoms with van der Waals surface area (Å²) in [7, 11) is 2.94. The molecule has 3 atom stereocenters. The maximum absolute atomic E-state index is 14.2. The molecule has 0 spiro atoms. The van der Waals surface area contributed by atoms with Gasteiger partial charge in [0.2, 0.25) is 0 Å². The number of rotatable bonds is 8. The first-order valence-corrected chi connectivity index (χ1v) is 14.6. The molecule has 0 saturated carbocycles. The van der Waals surface area contributed by atoms with Gasteiger partial charge in [-0.05, 0) is 66.6 Å². The lowest BCUT2D eigenvalue weighted by atomic mass is 9.75. The molecule has 9 heteroatoms. The normalized spacial score (nSPS) is 22.6. The Balaban J connectivity index is 1.50. The molecule has 6 rings (SSSR count). The van der Waals surface area contributed by atoms with Crippen LogP contribution in [0.5, 0.6) is 5.75 Å². The molecular weight excluding hydrogens is 537 g/mol. The van der Waals surface area contributed by atoms with E-state index in [1.54, 1.807) is 36.3 Å². The molecule has 2 aliphatic heterocycles. The summed E-state index contributed by atoms with van der Waals surface area (Å²) in [4.78, 5) is 45.4. The number of halogens is 1. The fraction of sp³-hybridized carbons (Fsp3) is 0.424. The lowest BCUT2D eigenvalue weighted by Gasteiger charge is -2.40. The molecule has 3 heterocycles. The molecule has 2 saturated heterocycles. The van der Waals surface area contributed by atoms with E-state index in [0.29, 0.717) is 43.1 Å². The highest BCUT2D eigenvalue weighted by Gasteiger charge is 2.64. The molecule has 0 bridgehead atoms. The number of nitrogens with zero attached hydrogens (tertiary/aromatic N) is 3. The van der Waals surface area contributed by atoms with Crippen LogP contribution in [0.3, 0.4) is 0 Å². The van der Waals surface area contributed by atoms with Crippen LogP contribution in [0.15, 0.2) is 60.7 Å². The number of aromatic nitrogens is 1. The van der Waals surface area contributed by atoms with Crippen LogP contribution in [0, 0.1) is 5.92 Å². The molecule has 1 aliphatic carbocycles. The minimum absolute atomic E-state index is 0.0695. The van der Waals surface area contributed by atoms with Crippen molar-refractivity contribution in [3.8, 4) is 5.75 Å². The second kappa shape index (κ2) is 11.3. The summed E-state index contributed by atoms with van der Waals surface area (Å²) in [5.74, 6) is -0.706. The van der Waals surface area contributed by atoms with Gasteiger partial charge in [-0.3, -0.25) is 9.59 Å². The van der Waals surface area contributed by atoms with Gasteiger partial charge in [0, 0.05) is 43.2 Å². The summed E-state index contributed by atoms with van der Waals surface area (Å²) >= 11 is 0. The molecule has 2 amide bonds. The number of benzene rings is 2. The van der Waals surface area contributed by atoms with E-state index in [-0.39, 0.29) is 30.7 Å². The molecule has 3 aliphatic rings. The molecule has 220 valence electrons. The lowest BCUT2D eigenvalue weighted by molar-refractivity contribution is -0.153. The quantitative estimate of drug-likeness (QED) is 0.376. The van der Waals surface area contributed by atoms with Gasteiger partial charge in [-0.1, -0.05) is 30.3 Å².